The van der Waals surface area contributed by atoms with E-state index in [0.29, 0.717) is 6.10 Å². The van der Waals surface area contributed by atoms with E-state index in [2.05, 4.69) is 13.8 Å². The second kappa shape index (κ2) is 6.72. The van der Waals surface area contributed by atoms with Crippen LogP contribution in [0.15, 0.2) is 0 Å². The fourth-order valence-corrected chi connectivity index (χ4v) is 2.81. The van der Waals surface area contributed by atoms with Gasteiger partial charge in [-0.2, -0.15) is 0 Å². The van der Waals surface area contributed by atoms with Gasteiger partial charge in [-0.1, -0.05) is 13.8 Å². The third-order valence-corrected chi connectivity index (χ3v) is 3.87. The van der Waals surface area contributed by atoms with Gasteiger partial charge in [0.25, 0.3) is 0 Å². The Morgan fingerprint density at radius 2 is 1.94 bits per heavy atom. The van der Waals surface area contributed by atoms with E-state index in [9.17, 15) is 0 Å². The molecule has 3 nitrogen and oxygen atoms in total. The van der Waals surface area contributed by atoms with Gasteiger partial charge in [0, 0.05) is 6.61 Å². The predicted molar refractivity (Wildman–Crippen MR) is 66.9 cm³/mol. The zero-order chi connectivity index (χ0) is 12.1. The van der Waals surface area contributed by atoms with Gasteiger partial charge in [0.1, 0.15) is 0 Å². The van der Waals surface area contributed by atoms with Gasteiger partial charge in [-0.25, -0.2) is 0 Å². The maximum absolute atomic E-state index is 6.12. The molecule has 0 spiro atoms. The molecule has 17 heavy (non-hydrogen) atoms. The van der Waals surface area contributed by atoms with Crippen LogP contribution < -0.4 is 0 Å². The second-order valence-corrected chi connectivity index (χ2v) is 5.16. The van der Waals surface area contributed by atoms with Gasteiger partial charge in [-0.05, 0) is 44.9 Å². The molecule has 0 aromatic rings. The molecule has 2 aliphatic rings. The molecule has 4 atom stereocenters. The van der Waals surface area contributed by atoms with Crippen molar-refractivity contribution in [2.45, 2.75) is 83.4 Å². The molecule has 2 heterocycles. The van der Waals surface area contributed by atoms with Crippen LogP contribution in [0.25, 0.3) is 0 Å². The standard InChI is InChI=1S/C14H26O3/c1-3-11-7-5-9-14(16-11)17-13-8-6-10-15-12(13)4-2/h11-14H,3-10H2,1-2H3. The Labute approximate surface area is 105 Å². The van der Waals surface area contributed by atoms with E-state index in [1.165, 1.54) is 12.8 Å². The summed E-state index contributed by atoms with van der Waals surface area (Å²) in [5, 5.41) is 0. The molecule has 0 aliphatic carbocycles. The van der Waals surface area contributed by atoms with E-state index in [1.807, 2.05) is 0 Å². The summed E-state index contributed by atoms with van der Waals surface area (Å²) in [4.78, 5) is 0. The lowest BCUT2D eigenvalue weighted by Gasteiger charge is -2.36. The van der Waals surface area contributed by atoms with Gasteiger partial charge in [0.2, 0.25) is 0 Å². The zero-order valence-corrected chi connectivity index (χ0v) is 11.2. The van der Waals surface area contributed by atoms with Gasteiger partial charge in [-0.15, -0.1) is 0 Å². The Balaban J connectivity index is 1.81. The highest BCUT2D eigenvalue weighted by molar-refractivity contribution is 4.75. The van der Waals surface area contributed by atoms with Crippen LogP contribution in [-0.4, -0.2) is 31.2 Å². The summed E-state index contributed by atoms with van der Waals surface area (Å²) < 4.78 is 17.8. The predicted octanol–water partition coefficient (Wildman–Crippen LogP) is 3.27. The first kappa shape index (κ1) is 13.3. The lowest BCUT2D eigenvalue weighted by Crippen LogP contribution is -2.41. The van der Waals surface area contributed by atoms with Crippen LogP contribution in [0.3, 0.4) is 0 Å². The molecular formula is C14H26O3. The van der Waals surface area contributed by atoms with Gasteiger partial charge in [-0.3, -0.25) is 0 Å². The molecule has 4 unspecified atom stereocenters. The third-order valence-electron chi connectivity index (χ3n) is 3.87. The van der Waals surface area contributed by atoms with Crippen molar-refractivity contribution in [2.24, 2.45) is 0 Å². The highest BCUT2D eigenvalue weighted by Crippen LogP contribution is 2.27. The topological polar surface area (TPSA) is 27.7 Å². The SMILES string of the molecule is CCC1CCCC(OC2CCCOC2CC)O1. The van der Waals surface area contributed by atoms with Gasteiger partial charge < -0.3 is 14.2 Å². The summed E-state index contributed by atoms with van der Waals surface area (Å²) in [6.45, 7) is 5.25. The highest BCUT2D eigenvalue weighted by atomic mass is 16.7. The second-order valence-electron chi connectivity index (χ2n) is 5.16. The quantitative estimate of drug-likeness (QED) is 0.757. The van der Waals surface area contributed by atoms with Crippen molar-refractivity contribution < 1.29 is 14.2 Å². The van der Waals surface area contributed by atoms with Crippen LogP contribution in [0, 0.1) is 0 Å². The average Bonchev–Trinajstić information content (AvgIpc) is 2.39. The molecule has 2 rings (SSSR count). The minimum atomic E-state index is 0.00875. The van der Waals surface area contributed by atoms with Crippen molar-refractivity contribution in [2.75, 3.05) is 6.61 Å². The van der Waals surface area contributed by atoms with Crippen LogP contribution in [0.5, 0.6) is 0 Å². The van der Waals surface area contributed by atoms with Crippen LogP contribution >= 0.6 is 0 Å². The first-order chi connectivity index (χ1) is 8.33. The number of hydrogen-bond donors (Lipinski definition) is 0. The van der Waals surface area contributed by atoms with Crippen molar-refractivity contribution >= 4 is 0 Å². The fraction of sp³-hybridized carbons (Fsp3) is 1.00. The molecule has 0 amide bonds. The molecular weight excluding hydrogens is 216 g/mol. The van der Waals surface area contributed by atoms with Crippen molar-refractivity contribution in [3.8, 4) is 0 Å². The zero-order valence-electron chi connectivity index (χ0n) is 11.2. The Bertz CT molecular complexity index is 220. The molecule has 2 aliphatic heterocycles. The number of hydrogen-bond acceptors (Lipinski definition) is 3. The Morgan fingerprint density at radius 3 is 2.71 bits per heavy atom. The van der Waals surface area contributed by atoms with Crippen LogP contribution in [-0.2, 0) is 14.2 Å². The molecule has 0 bridgehead atoms. The largest absolute Gasteiger partial charge is 0.376 e. The molecule has 0 saturated carbocycles. The fourth-order valence-electron chi connectivity index (χ4n) is 2.81. The smallest absolute Gasteiger partial charge is 0.158 e. The van der Waals surface area contributed by atoms with Crippen molar-refractivity contribution in [3.63, 3.8) is 0 Å². The molecule has 0 N–H and O–H groups in total. The van der Waals surface area contributed by atoms with Gasteiger partial charge in [0.05, 0.1) is 18.3 Å². The number of rotatable bonds is 4. The summed E-state index contributed by atoms with van der Waals surface area (Å²) in [5.74, 6) is 0. The Morgan fingerprint density at radius 1 is 1.06 bits per heavy atom. The summed E-state index contributed by atoms with van der Waals surface area (Å²) in [6.07, 6.45) is 8.76. The lowest BCUT2D eigenvalue weighted by atomic mass is 10.0. The summed E-state index contributed by atoms with van der Waals surface area (Å²) >= 11 is 0. The Kier molecular flexibility index (Phi) is 5.26. The van der Waals surface area contributed by atoms with Crippen LogP contribution in [0.2, 0.25) is 0 Å². The highest BCUT2D eigenvalue weighted by Gasteiger charge is 2.30. The number of ether oxygens (including phenoxy) is 3. The van der Waals surface area contributed by atoms with E-state index in [0.717, 1.165) is 38.7 Å². The maximum atomic E-state index is 6.12. The minimum absolute atomic E-state index is 0.00875. The molecule has 100 valence electrons. The lowest BCUT2D eigenvalue weighted by molar-refractivity contribution is -0.242. The molecule has 0 aromatic heterocycles. The summed E-state index contributed by atoms with van der Waals surface area (Å²) in [5.41, 5.74) is 0. The van der Waals surface area contributed by atoms with E-state index >= 15 is 0 Å². The normalized spacial score (nSPS) is 39.2. The molecule has 2 saturated heterocycles. The van der Waals surface area contributed by atoms with E-state index < -0.39 is 0 Å². The first-order valence-corrected chi connectivity index (χ1v) is 7.26. The molecule has 0 radical (unpaired) electrons. The van der Waals surface area contributed by atoms with E-state index in [-0.39, 0.29) is 18.5 Å². The Hall–Kier alpha value is -0.120. The van der Waals surface area contributed by atoms with Crippen LogP contribution in [0.1, 0.15) is 58.8 Å². The maximum Gasteiger partial charge on any atom is 0.158 e. The summed E-state index contributed by atoms with van der Waals surface area (Å²) in [6, 6.07) is 0. The van der Waals surface area contributed by atoms with Crippen molar-refractivity contribution in [3.05, 3.63) is 0 Å². The average molecular weight is 242 g/mol. The monoisotopic (exact) mass is 242 g/mol. The van der Waals surface area contributed by atoms with Crippen molar-refractivity contribution in [1.82, 2.24) is 0 Å². The molecule has 2 fully saturated rings. The summed E-state index contributed by atoms with van der Waals surface area (Å²) in [7, 11) is 0. The molecule has 0 aromatic carbocycles. The third kappa shape index (κ3) is 3.67. The minimum Gasteiger partial charge on any atom is -0.376 e. The van der Waals surface area contributed by atoms with Crippen LogP contribution in [0.4, 0.5) is 0 Å². The van der Waals surface area contributed by atoms with Gasteiger partial charge in [0.15, 0.2) is 6.29 Å². The van der Waals surface area contributed by atoms with Gasteiger partial charge >= 0.3 is 0 Å². The molecule has 3 heteroatoms. The van der Waals surface area contributed by atoms with Crippen molar-refractivity contribution in [1.29, 1.82) is 0 Å². The first-order valence-electron chi connectivity index (χ1n) is 7.26. The van der Waals surface area contributed by atoms with E-state index in [4.69, 9.17) is 14.2 Å². The van der Waals surface area contributed by atoms with E-state index in [1.54, 1.807) is 0 Å².